The predicted octanol–water partition coefficient (Wildman–Crippen LogP) is 2.73. The van der Waals surface area contributed by atoms with Gasteiger partial charge in [-0.25, -0.2) is 0 Å². The van der Waals surface area contributed by atoms with Gasteiger partial charge in [-0.1, -0.05) is 26.0 Å². The van der Waals surface area contributed by atoms with Crippen LogP contribution in [0, 0.1) is 5.92 Å². The number of amides is 1. The van der Waals surface area contributed by atoms with Crippen molar-refractivity contribution in [3.63, 3.8) is 0 Å². The number of hydrogen-bond acceptors (Lipinski definition) is 3. The van der Waals surface area contributed by atoms with E-state index in [1.54, 1.807) is 0 Å². The van der Waals surface area contributed by atoms with Crippen molar-refractivity contribution < 1.29 is 9.53 Å². The monoisotopic (exact) mass is 292 g/mol. The predicted molar refractivity (Wildman–Crippen MR) is 86.4 cm³/mol. The molecule has 1 rings (SSSR count). The molecule has 0 aliphatic carbocycles. The zero-order valence-electron chi connectivity index (χ0n) is 13.8. The summed E-state index contributed by atoms with van der Waals surface area (Å²) in [6, 6.07) is 7.82. The second-order valence-corrected chi connectivity index (χ2v) is 6.73. The van der Waals surface area contributed by atoms with Crippen LogP contribution in [0.2, 0.25) is 0 Å². The first-order chi connectivity index (χ1) is 9.76. The van der Waals surface area contributed by atoms with Gasteiger partial charge in [0, 0.05) is 18.6 Å². The van der Waals surface area contributed by atoms with Gasteiger partial charge in [0.05, 0.1) is 0 Å². The molecule has 0 radical (unpaired) electrons. The van der Waals surface area contributed by atoms with Gasteiger partial charge in [0.15, 0.2) is 6.61 Å². The Morgan fingerprint density at radius 2 is 1.81 bits per heavy atom. The lowest BCUT2D eigenvalue weighted by Gasteiger charge is -2.20. The third-order valence-electron chi connectivity index (χ3n) is 2.82. The quantitative estimate of drug-likeness (QED) is 0.812. The Kier molecular flexibility index (Phi) is 6.69. The van der Waals surface area contributed by atoms with Crippen LogP contribution >= 0.6 is 0 Å². The van der Waals surface area contributed by atoms with Crippen molar-refractivity contribution in [1.29, 1.82) is 0 Å². The fraction of sp³-hybridized carbons (Fsp3) is 0.588. The summed E-state index contributed by atoms with van der Waals surface area (Å²) < 4.78 is 5.47. The van der Waals surface area contributed by atoms with Crippen LogP contribution in [0.5, 0.6) is 5.75 Å². The lowest BCUT2D eigenvalue weighted by molar-refractivity contribution is -0.123. The second-order valence-electron chi connectivity index (χ2n) is 6.73. The molecule has 4 nitrogen and oxygen atoms in total. The highest BCUT2D eigenvalue weighted by atomic mass is 16.5. The molecule has 21 heavy (non-hydrogen) atoms. The van der Waals surface area contributed by atoms with E-state index in [0.717, 1.165) is 6.54 Å². The van der Waals surface area contributed by atoms with Crippen LogP contribution in [0.1, 0.15) is 40.2 Å². The van der Waals surface area contributed by atoms with E-state index in [1.807, 2.05) is 24.3 Å². The average molecular weight is 292 g/mol. The van der Waals surface area contributed by atoms with E-state index in [0.29, 0.717) is 18.2 Å². The minimum Gasteiger partial charge on any atom is -0.484 e. The lowest BCUT2D eigenvalue weighted by Crippen LogP contribution is -2.35. The summed E-state index contributed by atoms with van der Waals surface area (Å²) in [4.78, 5) is 11.6. The number of carbonyl (C=O) groups is 1. The smallest absolute Gasteiger partial charge is 0.257 e. The van der Waals surface area contributed by atoms with Gasteiger partial charge in [-0.15, -0.1) is 0 Å². The second kappa shape index (κ2) is 8.03. The molecule has 0 aliphatic heterocycles. The number of rotatable bonds is 7. The molecule has 0 heterocycles. The minimum absolute atomic E-state index is 0.0618. The normalized spacial score (nSPS) is 11.5. The van der Waals surface area contributed by atoms with Crippen LogP contribution in [0.25, 0.3) is 0 Å². The van der Waals surface area contributed by atoms with Gasteiger partial charge in [0.2, 0.25) is 0 Å². The maximum absolute atomic E-state index is 11.6. The van der Waals surface area contributed by atoms with Gasteiger partial charge in [0.25, 0.3) is 5.91 Å². The minimum atomic E-state index is -0.0813. The summed E-state index contributed by atoms with van der Waals surface area (Å²) in [7, 11) is 0. The standard InChI is InChI=1S/C17H28N2O2/c1-13(2)10-18-16(20)12-21-15-8-6-14(7-9-15)11-19-17(3,4)5/h6-9,13,19H,10-12H2,1-5H3,(H,18,20). The van der Waals surface area contributed by atoms with E-state index in [-0.39, 0.29) is 18.1 Å². The molecule has 0 bridgehead atoms. The van der Waals surface area contributed by atoms with E-state index in [2.05, 4.69) is 45.3 Å². The van der Waals surface area contributed by atoms with E-state index in [9.17, 15) is 4.79 Å². The summed E-state index contributed by atoms with van der Waals surface area (Å²) in [5.74, 6) is 1.08. The Hall–Kier alpha value is -1.55. The van der Waals surface area contributed by atoms with Gasteiger partial charge in [-0.3, -0.25) is 4.79 Å². The molecule has 0 aromatic heterocycles. The van der Waals surface area contributed by atoms with Crippen molar-refractivity contribution in [3.05, 3.63) is 29.8 Å². The van der Waals surface area contributed by atoms with Gasteiger partial charge in [-0.05, 0) is 44.4 Å². The van der Waals surface area contributed by atoms with E-state index in [1.165, 1.54) is 5.56 Å². The Morgan fingerprint density at radius 1 is 1.19 bits per heavy atom. The molecule has 118 valence electrons. The van der Waals surface area contributed by atoms with Crippen LogP contribution in [-0.4, -0.2) is 24.6 Å². The Labute approximate surface area is 128 Å². The highest BCUT2D eigenvalue weighted by Gasteiger charge is 2.08. The fourth-order valence-corrected chi connectivity index (χ4v) is 1.59. The van der Waals surface area contributed by atoms with Gasteiger partial charge < -0.3 is 15.4 Å². The summed E-state index contributed by atoms with van der Waals surface area (Å²) >= 11 is 0. The van der Waals surface area contributed by atoms with Gasteiger partial charge >= 0.3 is 0 Å². The van der Waals surface area contributed by atoms with Crippen molar-refractivity contribution in [2.75, 3.05) is 13.2 Å². The molecule has 0 saturated heterocycles. The molecule has 0 aliphatic rings. The SMILES string of the molecule is CC(C)CNC(=O)COc1ccc(CNC(C)(C)C)cc1. The van der Waals surface area contributed by atoms with Crippen molar-refractivity contribution >= 4 is 5.91 Å². The first-order valence-corrected chi connectivity index (χ1v) is 7.50. The number of benzene rings is 1. The van der Waals surface area contributed by atoms with E-state index in [4.69, 9.17) is 4.74 Å². The first-order valence-electron chi connectivity index (χ1n) is 7.50. The summed E-state index contributed by atoms with van der Waals surface area (Å²) in [5, 5.41) is 6.26. The highest BCUT2D eigenvalue weighted by molar-refractivity contribution is 5.77. The van der Waals surface area contributed by atoms with Crippen molar-refractivity contribution in [1.82, 2.24) is 10.6 Å². The van der Waals surface area contributed by atoms with E-state index >= 15 is 0 Å². The maximum atomic E-state index is 11.6. The fourth-order valence-electron chi connectivity index (χ4n) is 1.59. The van der Waals surface area contributed by atoms with Crippen molar-refractivity contribution in [3.8, 4) is 5.75 Å². The Morgan fingerprint density at radius 3 is 2.33 bits per heavy atom. The van der Waals surface area contributed by atoms with Gasteiger partial charge in [-0.2, -0.15) is 0 Å². The van der Waals surface area contributed by atoms with Crippen molar-refractivity contribution in [2.45, 2.75) is 46.7 Å². The molecular weight excluding hydrogens is 264 g/mol. The molecule has 0 unspecified atom stereocenters. The number of hydrogen-bond donors (Lipinski definition) is 2. The van der Waals surface area contributed by atoms with Crippen molar-refractivity contribution in [2.24, 2.45) is 5.92 Å². The van der Waals surface area contributed by atoms with Gasteiger partial charge in [0.1, 0.15) is 5.75 Å². The Balaban J connectivity index is 2.35. The van der Waals surface area contributed by atoms with Crippen LogP contribution in [0.3, 0.4) is 0 Å². The van der Waals surface area contributed by atoms with Crippen LogP contribution in [0.4, 0.5) is 0 Å². The lowest BCUT2D eigenvalue weighted by atomic mass is 10.1. The molecule has 1 amide bonds. The molecule has 2 N–H and O–H groups in total. The number of ether oxygens (including phenoxy) is 1. The molecule has 0 saturated carbocycles. The maximum Gasteiger partial charge on any atom is 0.257 e. The average Bonchev–Trinajstić information content (AvgIpc) is 2.41. The third kappa shape index (κ3) is 8.35. The molecular formula is C17H28N2O2. The first kappa shape index (κ1) is 17.5. The Bertz CT molecular complexity index is 433. The highest BCUT2D eigenvalue weighted by Crippen LogP contribution is 2.13. The molecule has 1 aromatic carbocycles. The molecule has 0 atom stereocenters. The molecule has 1 aromatic rings. The third-order valence-corrected chi connectivity index (χ3v) is 2.82. The van der Waals surface area contributed by atoms with Crippen LogP contribution in [-0.2, 0) is 11.3 Å². The topological polar surface area (TPSA) is 50.4 Å². The number of nitrogens with one attached hydrogen (secondary N) is 2. The largest absolute Gasteiger partial charge is 0.484 e. The summed E-state index contributed by atoms with van der Waals surface area (Å²) in [5.41, 5.74) is 1.30. The van der Waals surface area contributed by atoms with Crippen LogP contribution in [0.15, 0.2) is 24.3 Å². The number of carbonyl (C=O) groups excluding carboxylic acids is 1. The van der Waals surface area contributed by atoms with E-state index < -0.39 is 0 Å². The molecule has 4 heteroatoms. The molecule has 0 spiro atoms. The van der Waals surface area contributed by atoms with Crippen LogP contribution < -0.4 is 15.4 Å². The zero-order valence-corrected chi connectivity index (χ0v) is 13.8. The summed E-state index contributed by atoms with van der Waals surface area (Å²) in [6.07, 6.45) is 0. The molecule has 0 fully saturated rings. The zero-order chi connectivity index (χ0) is 15.9. The summed E-state index contributed by atoms with van der Waals surface area (Å²) in [6.45, 7) is 12.1.